The molecule has 0 bridgehead atoms. The maximum Gasteiger partial charge on any atom is 0.0667 e. The lowest BCUT2D eigenvalue weighted by atomic mass is 10.1. The molecule has 0 saturated carbocycles. The van der Waals surface area contributed by atoms with Gasteiger partial charge in [0.2, 0.25) is 0 Å². The molecular weight excluding hydrogens is 257 g/mol. The van der Waals surface area contributed by atoms with Gasteiger partial charge in [-0.1, -0.05) is 49.2 Å². The van der Waals surface area contributed by atoms with Crippen molar-refractivity contribution in [3.05, 3.63) is 33.8 Å². The normalized spacial score (nSPS) is 13.1. The Hall–Kier alpha value is -0.280. The Morgan fingerprint density at radius 2 is 2.00 bits per heavy atom. The molecule has 4 heteroatoms. The first kappa shape index (κ1) is 14.8. The largest absolute Gasteiger partial charge is 0.392 e. The van der Waals surface area contributed by atoms with Crippen LogP contribution in [-0.2, 0) is 6.54 Å². The van der Waals surface area contributed by atoms with Gasteiger partial charge in [0.15, 0.2) is 0 Å². The van der Waals surface area contributed by atoms with Crippen LogP contribution >= 0.6 is 23.2 Å². The lowest BCUT2D eigenvalue weighted by Gasteiger charge is -2.14. The zero-order chi connectivity index (χ0) is 12.8. The van der Waals surface area contributed by atoms with Crippen LogP contribution in [-0.4, -0.2) is 17.8 Å². The summed E-state index contributed by atoms with van der Waals surface area (Å²) in [6.07, 6.45) is 0.490. The maximum absolute atomic E-state index is 9.70. The van der Waals surface area contributed by atoms with Crippen molar-refractivity contribution in [2.45, 2.75) is 32.9 Å². The minimum Gasteiger partial charge on any atom is -0.392 e. The van der Waals surface area contributed by atoms with Gasteiger partial charge in [0.25, 0.3) is 0 Å². The van der Waals surface area contributed by atoms with Crippen LogP contribution in [0.4, 0.5) is 0 Å². The van der Waals surface area contributed by atoms with E-state index in [-0.39, 0.29) is 6.10 Å². The minimum atomic E-state index is -0.312. The summed E-state index contributed by atoms with van der Waals surface area (Å²) in [7, 11) is 0. The molecule has 1 atom stereocenters. The van der Waals surface area contributed by atoms with E-state index in [1.807, 2.05) is 12.1 Å². The van der Waals surface area contributed by atoms with Crippen molar-refractivity contribution >= 4 is 23.2 Å². The number of aliphatic hydroxyl groups excluding tert-OH is 1. The van der Waals surface area contributed by atoms with Crippen LogP contribution in [0, 0.1) is 5.92 Å². The molecule has 0 aliphatic carbocycles. The van der Waals surface area contributed by atoms with Crippen molar-refractivity contribution in [1.82, 2.24) is 5.32 Å². The summed E-state index contributed by atoms with van der Waals surface area (Å²) in [5, 5.41) is 14.0. The third-order valence-corrected chi connectivity index (χ3v) is 3.33. The minimum absolute atomic E-state index is 0.312. The molecule has 2 N–H and O–H groups in total. The second kappa shape index (κ2) is 7.22. The SMILES string of the molecule is CC(C)CC(O)CNCc1cccc(Cl)c1Cl. The van der Waals surface area contributed by atoms with Crippen LogP contribution in [0.2, 0.25) is 10.0 Å². The average Bonchev–Trinajstić information content (AvgIpc) is 2.23. The summed E-state index contributed by atoms with van der Waals surface area (Å²) in [6.45, 7) is 5.38. The van der Waals surface area contributed by atoms with Gasteiger partial charge < -0.3 is 10.4 Å². The van der Waals surface area contributed by atoms with Gasteiger partial charge in [0.05, 0.1) is 16.1 Å². The Bertz CT molecular complexity index is 355. The fourth-order valence-corrected chi connectivity index (χ4v) is 2.07. The van der Waals surface area contributed by atoms with Gasteiger partial charge >= 0.3 is 0 Å². The fourth-order valence-electron chi connectivity index (χ4n) is 1.69. The number of rotatable bonds is 6. The summed E-state index contributed by atoms with van der Waals surface area (Å²) in [5.41, 5.74) is 0.955. The highest BCUT2D eigenvalue weighted by atomic mass is 35.5. The van der Waals surface area contributed by atoms with Gasteiger partial charge in [-0.3, -0.25) is 0 Å². The predicted octanol–water partition coefficient (Wildman–Crippen LogP) is 3.49. The van der Waals surface area contributed by atoms with Crippen molar-refractivity contribution in [3.63, 3.8) is 0 Å². The summed E-state index contributed by atoms with van der Waals surface area (Å²) >= 11 is 12.0. The van der Waals surface area contributed by atoms with Gasteiger partial charge in [-0.15, -0.1) is 0 Å². The topological polar surface area (TPSA) is 32.3 Å². The first-order valence-corrected chi connectivity index (χ1v) is 6.58. The first-order chi connectivity index (χ1) is 8.00. The van der Waals surface area contributed by atoms with Crippen LogP contribution in [0.3, 0.4) is 0 Å². The van der Waals surface area contributed by atoms with E-state index in [1.165, 1.54) is 0 Å². The molecule has 0 heterocycles. The molecule has 1 unspecified atom stereocenters. The molecule has 0 aliphatic rings. The molecule has 17 heavy (non-hydrogen) atoms. The highest BCUT2D eigenvalue weighted by molar-refractivity contribution is 6.42. The smallest absolute Gasteiger partial charge is 0.0667 e. The number of halogens is 2. The molecule has 96 valence electrons. The molecule has 0 aliphatic heterocycles. The van der Waals surface area contributed by atoms with E-state index in [0.29, 0.717) is 29.1 Å². The molecule has 1 rings (SSSR count). The third-order valence-electron chi connectivity index (χ3n) is 2.47. The second-order valence-electron chi connectivity index (χ2n) is 4.63. The van der Waals surface area contributed by atoms with Gasteiger partial charge in [0, 0.05) is 13.1 Å². The molecule has 1 aromatic rings. The number of aliphatic hydroxyl groups is 1. The molecule has 1 aromatic carbocycles. The van der Waals surface area contributed by atoms with Crippen LogP contribution in [0.15, 0.2) is 18.2 Å². The molecular formula is C13H19Cl2NO. The monoisotopic (exact) mass is 275 g/mol. The van der Waals surface area contributed by atoms with Crippen molar-refractivity contribution < 1.29 is 5.11 Å². The van der Waals surface area contributed by atoms with Gasteiger partial charge in [-0.2, -0.15) is 0 Å². The quantitative estimate of drug-likeness (QED) is 0.833. The van der Waals surface area contributed by atoms with Crippen molar-refractivity contribution in [2.75, 3.05) is 6.54 Å². The summed E-state index contributed by atoms with van der Waals surface area (Å²) in [6, 6.07) is 5.56. The first-order valence-electron chi connectivity index (χ1n) is 5.82. The Labute approximate surface area is 113 Å². The van der Waals surface area contributed by atoms with E-state index >= 15 is 0 Å². The predicted molar refractivity (Wildman–Crippen MR) is 73.6 cm³/mol. The van der Waals surface area contributed by atoms with E-state index in [0.717, 1.165) is 12.0 Å². The maximum atomic E-state index is 9.70. The van der Waals surface area contributed by atoms with Crippen LogP contribution < -0.4 is 5.32 Å². The van der Waals surface area contributed by atoms with E-state index < -0.39 is 0 Å². The number of nitrogens with one attached hydrogen (secondary N) is 1. The van der Waals surface area contributed by atoms with Gasteiger partial charge in [-0.25, -0.2) is 0 Å². The number of benzene rings is 1. The van der Waals surface area contributed by atoms with Gasteiger partial charge in [-0.05, 0) is 24.0 Å². The van der Waals surface area contributed by atoms with Crippen molar-refractivity contribution in [3.8, 4) is 0 Å². The van der Waals surface area contributed by atoms with Gasteiger partial charge in [0.1, 0.15) is 0 Å². The highest BCUT2D eigenvalue weighted by Crippen LogP contribution is 2.25. The third kappa shape index (κ3) is 5.26. The Morgan fingerprint density at radius 1 is 1.29 bits per heavy atom. The molecule has 0 spiro atoms. The van der Waals surface area contributed by atoms with Crippen LogP contribution in [0.25, 0.3) is 0 Å². The Kier molecular flexibility index (Phi) is 6.28. The van der Waals surface area contributed by atoms with E-state index in [9.17, 15) is 5.11 Å². The Balaban J connectivity index is 2.38. The van der Waals surface area contributed by atoms with Crippen LogP contribution in [0.1, 0.15) is 25.8 Å². The zero-order valence-electron chi connectivity index (χ0n) is 10.2. The molecule has 0 radical (unpaired) electrons. The molecule has 0 aromatic heterocycles. The summed E-state index contributed by atoms with van der Waals surface area (Å²) in [5.74, 6) is 0.501. The second-order valence-corrected chi connectivity index (χ2v) is 5.41. The van der Waals surface area contributed by atoms with Crippen LogP contribution in [0.5, 0.6) is 0 Å². The number of hydrogen-bond acceptors (Lipinski definition) is 2. The number of hydrogen-bond donors (Lipinski definition) is 2. The van der Waals surface area contributed by atoms with E-state index in [2.05, 4.69) is 19.2 Å². The highest BCUT2D eigenvalue weighted by Gasteiger charge is 2.08. The molecule has 0 fully saturated rings. The fraction of sp³-hybridized carbons (Fsp3) is 0.538. The Morgan fingerprint density at radius 3 is 2.65 bits per heavy atom. The summed E-state index contributed by atoms with van der Waals surface area (Å²) in [4.78, 5) is 0. The molecule has 0 saturated heterocycles. The lowest BCUT2D eigenvalue weighted by molar-refractivity contribution is 0.146. The average molecular weight is 276 g/mol. The summed E-state index contributed by atoms with van der Waals surface area (Å²) < 4.78 is 0. The molecule has 2 nitrogen and oxygen atoms in total. The van der Waals surface area contributed by atoms with Crippen molar-refractivity contribution in [2.24, 2.45) is 5.92 Å². The van der Waals surface area contributed by atoms with Crippen molar-refractivity contribution in [1.29, 1.82) is 0 Å². The molecule has 0 amide bonds. The van der Waals surface area contributed by atoms with E-state index in [1.54, 1.807) is 6.07 Å². The lowest BCUT2D eigenvalue weighted by Crippen LogP contribution is -2.27. The standard InChI is InChI=1S/C13H19Cl2NO/c1-9(2)6-11(17)8-16-7-10-4-3-5-12(14)13(10)15/h3-5,9,11,16-17H,6-8H2,1-2H3. The zero-order valence-corrected chi connectivity index (χ0v) is 11.7. The van der Waals surface area contributed by atoms with E-state index in [4.69, 9.17) is 23.2 Å².